The monoisotopic (exact) mass is 361 g/mol. The second-order valence-electron chi connectivity index (χ2n) is 6.57. The quantitative estimate of drug-likeness (QED) is 0.498. The van der Waals surface area contributed by atoms with Gasteiger partial charge in [0.05, 0.1) is 6.04 Å². The fourth-order valence-electron chi connectivity index (χ4n) is 3.43. The summed E-state index contributed by atoms with van der Waals surface area (Å²) in [5.41, 5.74) is 3.71. The van der Waals surface area contributed by atoms with Gasteiger partial charge in [-0.1, -0.05) is 91.0 Å². The minimum Gasteiger partial charge on any atom is -0.354 e. The van der Waals surface area contributed by atoms with Crippen molar-refractivity contribution in [1.82, 2.24) is 4.90 Å². The molecule has 0 spiro atoms. The van der Waals surface area contributed by atoms with Gasteiger partial charge < -0.3 is 9.47 Å². The topological polar surface area (TPSA) is 21.7 Å². The van der Waals surface area contributed by atoms with Crippen LogP contribution in [0.4, 0.5) is 0 Å². The Labute approximate surface area is 162 Å². The van der Waals surface area contributed by atoms with Gasteiger partial charge >= 0.3 is 0 Å². The molecule has 0 heterocycles. The van der Waals surface area contributed by atoms with Crippen LogP contribution in [0, 0.1) is 0 Å². The predicted octanol–water partition coefficient (Wildman–Crippen LogP) is 5.05. The molecule has 0 bridgehead atoms. The first-order valence-corrected chi connectivity index (χ1v) is 9.24. The van der Waals surface area contributed by atoms with E-state index in [2.05, 4.69) is 77.7 Å². The van der Waals surface area contributed by atoms with E-state index < -0.39 is 0 Å². The van der Waals surface area contributed by atoms with E-state index in [1.807, 2.05) is 18.2 Å². The third kappa shape index (κ3) is 5.27. The van der Waals surface area contributed by atoms with E-state index in [-0.39, 0.29) is 12.3 Å². The van der Waals surface area contributed by atoms with E-state index in [4.69, 9.17) is 9.47 Å². The number of hydrogen-bond donors (Lipinski definition) is 0. The summed E-state index contributed by atoms with van der Waals surface area (Å²) in [4.78, 5) is 2.41. The average Bonchev–Trinajstić information content (AvgIpc) is 2.73. The molecule has 3 nitrogen and oxygen atoms in total. The van der Waals surface area contributed by atoms with Gasteiger partial charge in [-0.15, -0.1) is 0 Å². The number of rotatable bonds is 9. The van der Waals surface area contributed by atoms with Gasteiger partial charge in [0.25, 0.3) is 0 Å². The predicted molar refractivity (Wildman–Crippen MR) is 109 cm³/mol. The van der Waals surface area contributed by atoms with E-state index in [9.17, 15) is 0 Å². The Balaban J connectivity index is 1.98. The number of nitrogens with zero attached hydrogens (tertiary/aromatic N) is 1. The molecule has 0 radical (unpaired) electrons. The van der Waals surface area contributed by atoms with Crippen LogP contribution in [0.5, 0.6) is 0 Å². The van der Waals surface area contributed by atoms with Crippen molar-refractivity contribution in [3.63, 3.8) is 0 Å². The molecule has 0 aromatic heterocycles. The molecule has 27 heavy (non-hydrogen) atoms. The van der Waals surface area contributed by atoms with Gasteiger partial charge in [0.2, 0.25) is 0 Å². The molecule has 0 N–H and O–H groups in total. The Kier molecular flexibility index (Phi) is 7.17. The molecular formula is C24H27NO2. The smallest absolute Gasteiger partial charge is 0.176 e. The second kappa shape index (κ2) is 10.0. The summed E-state index contributed by atoms with van der Waals surface area (Å²) in [7, 11) is 3.40. The molecule has 3 aromatic rings. The molecule has 1 atom stereocenters. The van der Waals surface area contributed by atoms with E-state index in [1.54, 1.807) is 14.2 Å². The van der Waals surface area contributed by atoms with Crippen molar-refractivity contribution in [3.05, 3.63) is 108 Å². The SMILES string of the molecule is COC(OC)C(c1ccccc1)N(Cc1ccccc1)Cc1ccccc1. The van der Waals surface area contributed by atoms with Gasteiger partial charge in [0, 0.05) is 27.3 Å². The zero-order valence-corrected chi connectivity index (χ0v) is 16.0. The fourth-order valence-corrected chi connectivity index (χ4v) is 3.43. The van der Waals surface area contributed by atoms with Crippen LogP contribution in [0.25, 0.3) is 0 Å². The highest BCUT2D eigenvalue weighted by atomic mass is 16.7. The van der Waals surface area contributed by atoms with Gasteiger partial charge in [0.15, 0.2) is 6.29 Å². The number of hydrogen-bond acceptors (Lipinski definition) is 3. The zero-order valence-electron chi connectivity index (χ0n) is 16.0. The van der Waals surface area contributed by atoms with Crippen LogP contribution in [0.2, 0.25) is 0 Å². The highest BCUT2D eigenvalue weighted by molar-refractivity contribution is 5.23. The first-order valence-electron chi connectivity index (χ1n) is 9.24. The first-order chi connectivity index (χ1) is 13.3. The Morgan fingerprint density at radius 2 is 1.04 bits per heavy atom. The summed E-state index contributed by atoms with van der Waals surface area (Å²) in [5, 5.41) is 0. The molecular weight excluding hydrogens is 334 g/mol. The molecule has 1 unspecified atom stereocenters. The van der Waals surface area contributed by atoms with Crippen molar-refractivity contribution in [2.75, 3.05) is 14.2 Å². The molecule has 3 rings (SSSR count). The molecule has 3 heteroatoms. The molecule has 140 valence electrons. The van der Waals surface area contributed by atoms with E-state index in [1.165, 1.54) is 16.7 Å². The third-order valence-electron chi connectivity index (χ3n) is 4.71. The van der Waals surface area contributed by atoms with Crippen LogP contribution in [0.1, 0.15) is 22.7 Å². The summed E-state index contributed by atoms with van der Waals surface area (Å²) < 4.78 is 11.4. The number of ether oxygens (including phenoxy) is 2. The van der Waals surface area contributed by atoms with Crippen LogP contribution >= 0.6 is 0 Å². The molecule has 0 aliphatic carbocycles. The van der Waals surface area contributed by atoms with Gasteiger partial charge in [0.1, 0.15) is 0 Å². The lowest BCUT2D eigenvalue weighted by Crippen LogP contribution is -2.38. The summed E-state index contributed by atoms with van der Waals surface area (Å²) in [6, 6.07) is 31.5. The van der Waals surface area contributed by atoms with Gasteiger partial charge in [-0.3, -0.25) is 4.90 Å². The number of benzene rings is 3. The zero-order chi connectivity index (χ0) is 18.9. The van der Waals surface area contributed by atoms with Crippen LogP contribution in [-0.4, -0.2) is 25.4 Å². The lowest BCUT2D eigenvalue weighted by atomic mass is 10.0. The van der Waals surface area contributed by atoms with Gasteiger partial charge in [-0.25, -0.2) is 0 Å². The van der Waals surface area contributed by atoms with Gasteiger partial charge in [-0.05, 0) is 16.7 Å². The molecule has 0 aliphatic heterocycles. The van der Waals surface area contributed by atoms with Crippen molar-refractivity contribution in [3.8, 4) is 0 Å². The third-order valence-corrected chi connectivity index (χ3v) is 4.71. The fraction of sp³-hybridized carbons (Fsp3) is 0.250. The van der Waals surface area contributed by atoms with E-state index in [0.717, 1.165) is 13.1 Å². The second-order valence-corrected chi connectivity index (χ2v) is 6.57. The van der Waals surface area contributed by atoms with Crippen molar-refractivity contribution in [1.29, 1.82) is 0 Å². The van der Waals surface area contributed by atoms with Crippen molar-refractivity contribution < 1.29 is 9.47 Å². The number of methoxy groups -OCH3 is 2. The van der Waals surface area contributed by atoms with Crippen molar-refractivity contribution in [2.24, 2.45) is 0 Å². The molecule has 3 aromatic carbocycles. The summed E-state index contributed by atoms with van der Waals surface area (Å²) in [6.45, 7) is 1.61. The highest BCUT2D eigenvalue weighted by Crippen LogP contribution is 2.30. The minimum absolute atomic E-state index is 0.0263. The molecule has 0 amide bonds. The normalized spacial score (nSPS) is 12.4. The molecule has 0 saturated heterocycles. The van der Waals surface area contributed by atoms with Crippen LogP contribution in [0.15, 0.2) is 91.0 Å². The van der Waals surface area contributed by atoms with Crippen LogP contribution in [-0.2, 0) is 22.6 Å². The Morgan fingerprint density at radius 3 is 1.44 bits per heavy atom. The largest absolute Gasteiger partial charge is 0.354 e. The Hall–Kier alpha value is -2.46. The van der Waals surface area contributed by atoms with Crippen LogP contribution < -0.4 is 0 Å². The standard InChI is InChI=1S/C24H27NO2/c1-26-24(27-2)23(22-16-10-5-11-17-22)25(18-20-12-6-3-7-13-20)19-21-14-8-4-9-15-21/h3-17,23-24H,18-19H2,1-2H3. The van der Waals surface area contributed by atoms with E-state index >= 15 is 0 Å². The lowest BCUT2D eigenvalue weighted by Gasteiger charge is -2.36. The van der Waals surface area contributed by atoms with Gasteiger partial charge in [-0.2, -0.15) is 0 Å². The van der Waals surface area contributed by atoms with Crippen LogP contribution in [0.3, 0.4) is 0 Å². The maximum atomic E-state index is 5.71. The molecule has 0 aliphatic rings. The Bertz CT molecular complexity index is 732. The maximum absolute atomic E-state index is 5.71. The minimum atomic E-state index is -0.361. The van der Waals surface area contributed by atoms with Crippen molar-refractivity contribution >= 4 is 0 Å². The molecule has 0 saturated carbocycles. The summed E-state index contributed by atoms with van der Waals surface area (Å²) >= 11 is 0. The first kappa shape index (κ1) is 19.3. The van der Waals surface area contributed by atoms with Crippen molar-refractivity contribution in [2.45, 2.75) is 25.4 Å². The molecule has 0 fully saturated rings. The average molecular weight is 361 g/mol. The Morgan fingerprint density at radius 1 is 0.630 bits per heavy atom. The van der Waals surface area contributed by atoms with E-state index in [0.29, 0.717) is 0 Å². The summed E-state index contributed by atoms with van der Waals surface area (Å²) in [6.07, 6.45) is -0.361. The maximum Gasteiger partial charge on any atom is 0.176 e. The highest BCUT2D eigenvalue weighted by Gasteiger charge is 2.29. The lowest BCUT2D eigenvalue weighted by molar-refractivity contribution is -0.152. The summed E-state index contributed by atoms with van der Waals surface area (Å²) in [5.74, 6) is 0.